The number of β-amino-alcohol motifs (C(OH)–C–C–N with tert-alkyl or cyclic N) is 1. The second-order valence-corrected chi connectivity index (χ2v) is 11.0. The maximum absolute atomic E-state index is 12.4. The average molecular weight is 516 g/mol. The van der Waals surface area contributed by atoms with E-state index in [4.69, 9.17) is 0 Å². The third-order valence-corrected chi connectivity index (χ3v) is 7.99. The summed E-state index contributed by atoms with van der Waals surface area (Å²) in [4.78, 5) is 25.8. The van der Waals surface area contributed by atoms with Gasteiger partial charge >= 0.3 is 0 Å². The minimum Gasteiger partial charge on any atom is -0.391 e. The summed E-state index contributed by atoms with van der Waals surface area (Å²) >= 11 is 0. The number of amides is 2. The Kier molecular flexibility index (Phi) is 11.5. The average Bonchev–Trinajstić information content (AvgIpc) is 3.31. The van der Waals surface area contributed by atoms with Crippen molar-refractivity contribution in [2.45, 2.75) is 32.4 Å². The molecule has 1 saturated heterocycles. The highest BCUT2D eigenvalue weighted by Gasteiger charge is 2.20. The van der Waals surface area contributed by atoms with Gasteiger partial charge in [0.05, 0.1) is 6.10 Å². The molecular weight excluding hydrogens is 480 g/mol. The molecule has 9 heteroatoms. The van der Waals surface area contributed by atoms with E-state index in [9.17, 15) is 14.7 Å². The molecule has 1 aromatic heterocycles. The summed E-state index contributed by atoms with van der Waals surface area (Å²) in [6.07, 6.45) is 7.08. The summed E-state index contributed by atoms with van der Waals surface area (Å²) in [5.41, 5.74) is 3.16. The van der Waals surface area contributed by atoms with E-state index >= 15 is 0 Å². The van der Waals surface area contributed by atoms with E-state index in [-0.39, 0.29) is 24.5 Å². The number of benzene rings is 1. The fourth-order valence-electron chi connectivity index (χ4n) is 3.66. The molecule has 0 spiro atoms. The van der Waals surface area contributed by atoms with Crippen LogP contribution in [-0.4, -0.2) is 60.7 Å². The molecule has 1 aromatic carbocycles. The minimum absolute atomic E-state index is 0.0196. The molecule has 1 unspecified atom stereocenters. The highest BCUT2D eigenvalue weighted by Crippen LogP contribution is 2.21. The van der Waals surface area contributed by atoms with Gasteiger partial charge in [-0.05, 0) is 36.3 Å². The van der Waals surface area contributed by atoms with Crippen molar-refractivity contribution >= 4 is 51.2 Å². The fraction of sp³-hybridized carbons (Fsp3) is 0.423. The topological polar surface area (TPSA) is 85.6 Å². The van der Waals surface area contributed by atoms with Crippen LogP contribution in [0.2, 0.25) is 0 Å². The van der Waals surface area contributed by atoms with Crippen molar-refractivity contribution in [2.75, 3.05) is 42.6 Å². The molecule has 188 valence electrons. The molecule has 7 nitrogen and oxygen atoms in total. The third-order valence-electron chi connectivity index (χ3n) is 5.58. The molecule has 0 bridgehead atoms. The second-order valence-electron chi connectivity index (χ2n) is 8.26. The minimum atomic E-state index is -0.233. The zero-order valence-corrected chi connectivity index (χ0v) is 21.8. The summed E-state index contributed by atoms with van der Waals surface area (Å²) in [6, 6.07) is 14.2. The van der Waals surface area contributed by atoms with Crippen molar-refractivity contribution in [1.29, 1.82) is 0 Å². The second kappa shape index (κ2) is 14.8. The van der Waals surface area contributed by atoms with E-state index in [0.717, 1.165) is 41.4 Å². The smallest absolute Gasteiger partial charge is 0.286 e. The van der Waals surface area contributed by atoms with Crippen LogP contribution in [0, 0.1) is 0 Å². The summed E-state index contributed by atoms with van der Waals surface area (Å²) in [6.45, 7) is 4.96. The van der Waals surface area contributed by atoms with Gasteiger partial charge in [0.1, 0.15) is 0 Å². The Hall–Kier alpha value is -2.49. The zero-order valence-electron chi connectivity index (χ0n) is 20.2. The van der Waals surface area contributed by atoms with Gasteiger partial charge in [-0.1, -0.05) is 40.6 Å². The lowest BCUT2D eigenvalue weighted by molar-refractivity contribution is -0.686. The molecule has 2 heterocycles. The molecule has 3 rings (SSSR count). The number of carbonyl (C=O) groups excluding carboxylic acids is 2. The maximum atomic E-state index is 12.4. The molecule has 35 heavy (non-hydrogen) atoms. The Labute approximate surface area is 215 Å². The van der Waals surface area contributed by atoms with E-state index in [1.54, 1.807) is 21.6 Å². The van der Waals surface area contributed by atoms with Crippen LogP contribution >= 0.6 is 21.6 Å². The molecule has 2 amide bonds. The van der Waals surface area contributed by atoms with Crippen molar-refractivity contribution in [3.05, 3.63) is 59.9 Å². The molecule has 0 aliphatic carbocycles. The number of hydrogen-bond donors (Lipinski definition) is 3. The third kappa shape index (κ3) is 9.58. The molecule has 1 atom stereocenters. The first-order valence-corrected chi connectivity index (χ1v) is 14.5. The SMILES string of the molecule is CCC(=O)NCCSSCCNC(=O)C[n+]1ccccc1/C=C/c1ccc(N2CCC(O)C2)cc1. The summed E-state index contributed by atoms with van der Waals surface area (Å²) in [7, 11) is 3.39. The Bertz CT molecular complexity index is 985. The lowest BCUT2D eigenvalue weighted by Crippen LogP contribution is -2.45. The first kappa shape index (κ1) is 27.1. The highest BCUT2D eigenvalue weighted by molar-refractivity contribution is 8.76. The number of aliphatic hydroxyl groups is 1. The van der Waals surface area contributed by atoms with Gasteiger partial charge in [0, 0.05) is 68.0 Å². The van der Waals surface area contributed by atoms with Gasteiger partial charge in [-0.15, -0.1) is 0 Å². The molecule has 0 radical (unpaired) electrons. The van der Waals surface area contributed by atoms with Gasteiger partial charge < -0.3 is 20.6 Å². The Balaban J connectivity index is 1.41. The van der Waals surface area contributed by atoms with Crippen LogP contribution in [0.15, 0.2) is 48.7 Å². The van der Waals surface area contributed by atoms with Crippen molar-refractivity contribution in [3.63, 3.8) is 0 Å². The van der Waals surface area contributed by atoms with Gasteiger partial charge in [0.15, 0.2) is 6.20 Å². The number of anilines is 1. The Morgan fingerprint density at radius 2 is 1.77 bits per heavy atom. The predicted molar refractivity (Wildman–Crippen MR) is 146 cm³/mol. The van der Waals surface area contributed by atoms with Crippen LogP contribution < -0.4 is 20.1 Å². The van der Waals surface area contributed by atoms with Crippen LogP contribution in [0.5, 0.6) is 0 Å². The van der Waals surface area contributed by atoms with E-state index < -0.39 is 0 Å². The number of nitrogens with zero attached hydrogens (tertiary/aromatic N) is 2. The van der Waals surface area contributed by atoms with Gasteiger partial charge in [-0.3, -0.25) is 9.59 Å². The van der Waals surface area contributed by atoms with E-state index in [1.807, 2.05) is 48.0 Å². The normalized spacial score (nSPS) is 15.5. The zero-order chi connectivity index (χ0) is 24.9. The Morgan fingerprint density at radius 1 is 1.06 bits per heavy atom. The van der Waals surface area contributed by atoms with Crippen LogP contribution in [-0.2, 0) is 16.1 Å². The lowest BCUT2D eigenvalue weighted by atomic mass is 10.1. The molecule has 1 fully saturated rings. The molecule has 3 N–H and O–H groups in total. The van der Waals surface area contributed by atoms with Crippen molar-refractivity contribution < 1.29 is 19.3 Å². The van der Waals surface area contributed by atoms with Crippen LogP contribution in [0.1, 0.15) is 31.0 Å². The van der Waals surface area contributed by atoms with Crippen molar-refractivity contribution in [3.8, 4) is 0 Å². The largest absolute Gasteiger partial charge is 0.391 e. The molecule has 0 saturated carbocycles. The first-order chi connectivity index (χ1) is 17.0. The predicted octanol–water partition coefficient (Wildman–Crippen LogP) is 2.74. The van der Waals surface area contributed by atoms with Gasteiger partial charge in [-0.25, -0.2) is 0 Å². The number of pyridine rings is 1. The molecule has 1 aliphatic rings. The van der Waals surface area contributed by atoms with E-state index in [1.165, 1.54) is 0 Å². The van der Waals surface area contributed by atoms with Crippen LogP contribution in [0.3, 0.4) is 0 Å². The van der Waals surface area contributed by atoms with Gasteiger partial charge in [0.2, 0.25) is 18.1 Å². The van der Waals surface area contributed by atoms with E-state index in [2.05, 4.69) is 39.8 Å². The van der Waals surface area contributed by atoms with E-state index in [0.29, 0.717) is 26.1 Å². The molecule has 1 aliphatic heterocycles. The number of aromatic nitrogens is 1. The number of nitrogens with one attached hydrogen (secondary N) is 2. The first-order valence-electron chi connectivity index (χ1n) is 12.0. The van der Waals surface area contributed by atoms with Crippen molar-refractivity contribution in [1.82, 2.24) is 10.6 Å². The summed E-state index contributed by atoms with van der Waals surface area (Å²) in [5, 5.41) is 15.6. The summed E-state index contributed by atoms with van der Waals surface area (Å²) in [5.74, 6) is 1.72. The van der Waals surface area contributed by atoms with Crippen LogP contribution in [0.25, 0.3) is 12.2 Å². The highest BCUT2D eigenvalue weighted by atomic mass is 33.1. The number of hydrogen-bond acceptors (Lipinski definition) is 6. The number of rotatable bonds is 13. The fourth-order valence-corrected chi connectivity index (χ4v) is 5.47. The summed E-state index contributed by atoms with van der Waals surface area (Å²) < 4.78 is 1.93. The van der Waals surface area contributed by atoms with Crippen LogP contribution in [0.4, 0.5) is 5.69 Å². The lowest BCUT2D eigenvalue weighted by Gasteiger charge is -2.17. The quantitative estimate of drug-likeness (QED) is 0.216. The van der Waals surface area contributed by atoms with Crippen molar-refractivity contribution in [2.24, 2.45) is 0 Å². The van der Waals surface area contributed by atoms with Gasteiger partial charge in [-0.2, -0.15) is 4.57 Å². The molecule has 2 aromatic rings. The van der Waals surface area contributed by atoms with Gasteiger partial charge in [0.25, 0.3) is 5.91 Å². The number of aliphatic hydroxyl groups excluding tert-OH is 1. The molecular formula is C26H35N4O3S2+. The maximum Gasteiger partial charge on any atom is 0.286 e. The number of carbonyl (C=O) groups is 2. The Morgan fingerprint density at radius 3 is 2.43 bits per heavy atom. The standard InChI is InChI=1S/C26H34N4O3S2/c1-2-25(32)27-13-17-34-35-18-14-28-26(33)20-29-15-4-3-5-22(29)9-6-21-7-10-23(11-8-21)30-16-12-24(31)19-30/h3-11,15,24,31H,2,12-14,16-20H2,1H3,(H-,27,28,32,33)/p+1. The monoisotopic (exact) mass is 515 g/mol.